The summed E-state index contributed by atoms with van der Waals surface area (Å²) in [6.45, 7) is 0.450. The predicted molar refractivity (Wildman–Crippen MR) is 128 cm³/mol. The maximum Gasteiger partial charge on any atom is 0.241 e. The summed E-state index contributed by atoms with van der Waals surface area (Å²) in [6, 6.07) is 7.94. The highest BCUT2D eigenvalue weighted by molar-refractivity contribution is 7.92. The number of nitrogen functional groups attached to an aromatic ring is 1. The molecule has 0 amide bonds. The Morgan fingerprint density at radius 3 is 2.53 bits per heavy atom. The smallest absolute Gasteiger partial charge is 0.241 e. The van der Waals surface area contributed by atoms with Gasteiger partial charge < -0.3 is 10.6 Å². The van der Waals surface area contributed by atoms with Gasteiger partial charge in [0, 0.05) is 18.7 Å². The van der Waals surface area contributed by atoms with E-state index in [1.807, 2.05) is 6.07 Å². The maximum absolute atomic E-state index is 13.1. The first-order valence-corrected chi connectivity index (χ1v) is 13.6. The van der Waals surface area contributed by atoms with Crippen LogP contribution in [0.4, 0.5) is 5.13 Å². The molecule has 0 spiro atoms. The standard InChI is InChI=1S/C18H21N9O4S3/c1-27(2)9-8-21-34(30,31)13-7-6-10(11-4-3-5-12-15(11)22-18(19)32-12)14(16(13)33(20,28)29)17-23-25-26-24-17/h3-7,21H,8-9H2,1-2H3,(H2,19,22)(H2,20,28,29)(H,23,24,25,26). The number of nitrogens with zero attached hydrogens (tertiary/aromatic N) is 5. The molecular weight excluding hydrogens is 502 g/mol. The summed E-state index contributed by atoms with van der Waals surface area (Å²) < 4.78 is 55.0. The minimum absolute atomic E-state index is 0.0533. The second-order valence-corrected chi connectivity index (χ2v) is 11.8. The number of fused-ring (bicyclic) bond motifs is 1. The lowest BCUT2D eigenvalue weighted by Gasteiger charge is -2.17. The molecule has 0 radical (unpaired) electrons. The fourth-order valence-corrected chi connectivity index (χ4v) is 6.83. The van der Waals surface area contributed by atoms with Crippen molar-refractivity contribution in [2.75, 3.05) is 32.9 Å². The zero-order valence-corrected chi connectivity index (χ0v) is 20.5. The van der Waals surface area contributed by atoms with Crippen molar-refractivity contribution in [1.29, 1.82) is 0 Å². The average Bonchev–Trinajstić information content (AvgIpc) is 3.40. The number of hydrogen-bond acceptors (Lipinski definition) is 11. The van der Waals surface area contributed by atoms with Crippen molar-refractivity contribution in [3.05, 3.63) is 30.3 Å². The summed E-state index contributed by atoms with van der Waals surface area (Å²) in [6.07, 6.45) is 0. The van der Waals surface area contributed by atoms with E-state index in [2.05, 4.69) is 30.3 Å². The van der Waals surface area contributed by atoms with Crippen LogP contribution in [0.25, 0.3) is 32.7 Å². The number of aromatic nitrogens is 5. The summed E-state index contributed by atoms with van der Waals surface area (Å²) in [7, 11) is -5.30. The number of H-pyrrole nitrogens is 1. The number of hydrogen-bond donors (Lipinski definition) is 4. The van der Waals surface area contributed by atoms with Gasteiger partial charge >= 0.3 is 0 Å². The second-order valence-electron chi connectivity index (χ2n) is 7.52. The monoisotopic (exact) mass is 523 g/mol. The molecule has 0 saturated carbocycles. The van der Waals surface area contributed by atoms with Crippen molar-refractivity contribution in [3.63, 3.8) is 0 Å². The van der Waals surface area contributed by atoms with Crippen LogP contribution in [0.1, 0.15) is 0 Å². The van der Waals surface area contributed by atoms with Gasteiger partial charge in [0.1, 0.15) is 9.79 Å². The van der Waals surface area contributed by atoms with Gasteiger partial charge in [0.05, 0.1) is 15.8 Å². The lowest BCUT2D eigenvalue weighted by Crippen LogP contribution is -2.32. The lowest BCUT2D eigenvalue weighted by molar-refractivity contribution is 0.412. The van der Waals surface area contributed by atoms with Crippen LogP contribution in [0.2, 0.25) is 0 Å². The topological polar surface area (TPSA) is 203 Å². The SMILES string of the molecule is CN(C)CCNS(=O)(=O)c1ccc(-c2cccc3sc(N)nc23)c(-c2nnn[nH]2)c1S(N)(=O)=O. The van der Waals surface area contributed by atoms with Crippen LogP contribution in [0, 0.1) is 0 Å². The van der Waals surface area contributed by atoms with Crippen molar-refractivity contribution in [1.82, 2.24) is 35.2 Å². The van der Waals surface area contributed by atoms with Crippen molar-refractivity contribution >= 4 is 46.7 Å². The Balaban J connectivity index is 2.04. The minimum atomic E-state index is -4.58. The van der Waals surface area contributed by atoms with Gasteiger partial charge in [-0.25, -0.2) is 36.8 Å². The molecule has 0 aliphatic rings. The molecule has 0 fully saturated rings. The van der Waals surface area contributed by atoms with Crippen LogP contribution in [-0.2, 0) is 20.0 Å². The third kappa shape index (κ3) is 4.63. The zero-order chi connectivity index (χ0) is 24.7. The predicted octanol–water partition coefficient (Wildman–Crippen LogP) is 0.213. The van der Waals surface area contributed by atoms with Crippen molar-refractivity contribution in [2.24, 2.45) is 5.14 Å². The van der Waals surface area contributed by atoms with E-state index in [1.165, 1.54) is 23.5 Å². The van der Waals surface area contributed by atoms with Gasteiger partial charge in [-0.2, -0.15) is 0 Å². The van der Waals surface area contributed by atoms with Crippen molar-refractivity contribution < 1.29 is 16.8 Å². The van der Waals surface area contributed by atoms with Crippen LogP contribution in [0.15, 0.2) is 40.1 Å². The van der Waals surface area contributed by atoms with Crippen LogP contribution < -0.4 is 15.6 Å². The number of tetrazole rings is 1. The Kier molecular flexibility index (Phi) is 6.36. The highest BCUT2D eigenvalue weighted by atomic mass is 32.2. The Hall–Kier alpha value is -3.02. The number of likely N-dealkylation sites (N-methyl/N-ethyl adjacent to an activating group) is 1. The van der Waals surface area contributed by atoms with Gasteiger partial charge in [-0.05, 0) is 42.2 Å². The van der Waals surface area contributed by atoms with E-state index in [4.69, 9.17) is 10.9 Å². The number of para-hydroxylation sites is 1. The van der Waals surface area contributed by atoms with Gasteiger partial charge in [-0.3, -0.25) is 0 Å². The molecule has 2 aromatic heterocycles. The number of benzene rings is 2. The number of anilines is 1. The van der Waals surface area contributed by atoms with E-state index in [9.17, 15) is 16.8 Å². The van der Waals surface area contributed by atoms with Gasteiger partial charge in [0.25, 0.3) is 0 Å². The molecule has 0 atom stereocenters. The number of rotatable bonds is 8. The minimum Gasteiger partial charge on any atom is -0.375 e. The third-order valence-electron chi connectivity index (χ3n) is 4.85. The summed E-state index contributed by atoms with van der Waals surface area (Å²) in [5.74, 6) is -0.0791. The van der Waals surface area contributed by atoms with Crippen LogP contribution in [-0.4, -0.2) is 74.5 Å². The number of thiazole rings is 1. The van der Waals surface area contributed by atoms with Crippen molar-refractivity contribution in [2.45, 2.75) is 9.79 Å². The third-order valence-corrected chi connectivity index (χ3v) is 8.33. The van der Waals surface area contributed by atoms with Gasteiger partial charge in [0.2, 0.25) is 20.0 Å². The highest BCUT2D eigenvalue weighted by Gasteiger charge is 2.32. The number of sulfonamides is 2. The van der Waals surface area contributed by atoms with E-state index in [0.717, 1.165) is 4.70 Å². The molecule has 0 aliphatic carbocycles. The first-order valence-electron chi connectivity index (χ1n) is 9.73. The molecule has 4 rings (SSSR count). The van der Waals surface area contributed by atoms with E-state index >= 15 is 0 Å². The number of primary sulfonamides is 1. The molecule has 6 N–H and O–H groups in total. The molecule has 0 saturated heterocycles. The molecule has 34 heavy (non-hydrogen) atoms. The van der Waals surface area contributed by atoms with Crippen LogP contribution >= 0.6 is 11.3 Å². The Morgan fingerprint density at radius 1 is 1.12 bits per heavy atom. The molecule has 2 aromatic carbocycles. The molecular formula is C18H21N9O4S3. The molecule has 0 aliphatic heterocycles. The Morgan fingerprint density at radius 2 is 1.88 bits per heavy atom. The first kappa shape index (κ1) is 24.1. The average molecular weight is 524 g/mol. The summed E-state index contributed by atoms with van der Waals surface area (Å²) in [5, 5.41) is 19.3. The fraction of sp³-hybridized carbons (Fsp3) is 0.222. The molecule has 180 valence electrons. The van der Waals surface area contributed by atoms with E-state index in [0.29, 0.717) is 28.3 Å². The molecule has 0 bridgehead atoms. The maximum atomic E-state index is 13.1. The zero-order valence-electron chi connectivity index (χ0n) is 18.0. The first-order chi connectivity index (χ1) is 16.0. The summed E-state index contributed by atoms with van der Waals surface area (Å²) >= 11 is 1.26. The number of nitrogens with one attached hydrogen (secondary N) is 2. The van der Waals surface area contributed by atoms with Gasteiger partial charge in [0.15, 0.2) is 11.0 Å². The number of aromatic amines is 1. The molecule has 0 unspecified atom stereocenters. The normalized spacial score (nSPS) is 12.6. The molecule has 16 heteroatoms. The second kappa shape index (κ2) is 8.97. The van der Waals surface area contributed by atoms with Gasteiger partial charge in [-0.15, -0.1) is 5.10 Å². The highest BCUT2D eigenvalue weighted by Crippen LogP contribution is 2.41. The largest absolute Gasteiger partial charge is 0.375 e. The van der Waals surface area contributed by atoms with Crippen molar-refractivity contribution in [3.8, 4) is 22.5 Å². The Bertz CT molecular complexity index is 1560. The summed E-state index contributed by atoms with van der Waals surface area (Å²) in [5.41, 5.74) is 7.11. The van der Waals surface area contributed by atoms with E-state index < -0.39 is 29.8 Å². The molecule has 4 aromatic rings. The Labute approximate surface area is 199 Å². The fourth-order valence-electron chi connectivity index (χ4n) is 3.45. The molecule has 2 heterocycles. The van der Waals surface area contributed by atoms with Crippen LogP contribution in [0.3, 0.4) is 0 Å². The van der Waals surface area contributed by atoms with E-state index in [1.54, 1.807) is 31.1 Å². The summed E-state index contributed by atoms with van der Waals surface area (Å²) in [4.78, 5) is 4.97. The molecule has 13 nitrogen and oxygen atoms in total. The van der Waals surface area contributed by atoms with E-state index in [-0.39, 0.29) is 17.9 Å². The number of nitrogens with two attached hydrogens (primary N) is 2. The lowest BCUT2D eigenvalue weighted by atomic mass is 9.98. The van der Waals surface area contributed by atoms with Gasteiger partial charge in [-0.1, -0.05) is 29.5 Å². The van der Waals surface area contributed by atoms with Crippen LogP contribution in [0.5, 0.6) is 0 Å². The quantitative estimate of drug-likeness (QED) is 0.247.